The third-order valence-electron chi connectivity index (χ3n) is 4.54. The Morgan fingerprint density at radius 1 is 1.33 bits per heavy atom. The minimum Gasteiger partial charge on any atom is -0.357 e. The number of hydrogen-bond donors (Lipinski definition) is 1. The van der Waals surface area contributed by atoms with Gasteiger partial charge in [-0.05, 0) is 44.9 Å². The van der Waals surface area contributed by atoms with Gasteiger partial charge < -0.3 is 4.98 Å². The SMILES string of the molecule is CCCC1CCCN1Cc1cc(=O)c2cc(C)ccc2[nH]1. The van der Waals surface area contributed by atoms with Crippen molar-refractivity contribution in [2.24, 2.45) is 0 Å². The molecule has 1 fully saturated rings. The van der Waals surface area contributed by atoms with Gasteiger partial charge in [-0.15, -0.1) is 0 Å². The normalized spacial score (nSPS) is 19.4. The number of likely N-dealkylation sites (tertiary alicyclic amines) is 1. The molecule has 21 heavy (non-hydrogen) atoms. The summed E-state index contributed by atoms with van der Waals surface area (Å²) < 4.78 is 0. The molecule has 3 nitrogen and oxygen atoms in total. The van der Waals surface area contributed by atoms with E-state index in [4.69, 9.17) is 0 Å². The molecule has 0 radical (unpaired) electrons. The number of fused-ring (bicyclic) bond motifs is 1. The van der Waals surface area contributed by atoms with Gasteiger partial charge in [0.05, 0.1) is 0 Å². The first-order chi connectivity index (χ1) is 10.2. The number of rotatable bonds is 4. The summed E-state index contributed by atoms with van der Waals surface area (Å²) in [7, 11) is 0. The molecule has 0 bridgehead atoms. The monoisotopic (exact) mass is 284 g/mol. The Morgan fingerprint density at radius 2 is 2.19 bits per heavy atom. The molecule has 2 heterocycles. The lowest BCUT2D eigenvalue weighted by Gasteiger charge is -2.24. The number of hydrogen-bond acceptors (Lipinski definition) is 2. The molecule has 1 aliphatic rings. The Hall–Kier alpha value is -1.61. The first-order valence-corrected chi connectivity index (χ1v) is 8.04. The predicted molar refractivity (Wildman–Crippen MR) is 87.6 cm³/mol. The number of aromatic nitrogens is 1. The summed E-state index contributed by atoms with van der Waals surface area (Å²) in [6.07, 6.45) is 5.07. The number of H-pyrrole nitrogens is 1. The van der Waals surface area contributed by atoms with Crippen molar-refractivity contribution < 1.29 is 0 Å². The van der Waals surface area contributed by atoms with Crippen LogP contribution in [0.3, 0.4) is 0 Å². The van der Waals surface area contributed by atoms with E-state index in [2.05, 4.69) is 22.9 Å². The van der Waals surface area contributed by atoms with Gasteiger partial charge >= 0.3 is 0 Å². The summed E-state index contributed by atoms with van der Waals surface area (Å²) in [4.78, 5) is 18.3. The highest BCUT2D eigenvalue weighted by Crippen LogP contribution is 2.23. The molecule has 2 aromatic rings. The summed E-state index contributed by atoms with van der Waals surface area (Å²) in [5, 5.41) is 0.797. The van der Waals surface area contributed by atoms with Gasteiger partial charge in [0.25, 0.3) is 0 Å². The molecule has 112 valence electrons. The molecule has 3 heteroatoms. The van der Waals surface area contributed by atoms with Gasteiger partial charge in [-0.1, -0.05) is 25.0 Å². The van der Waals surface area contributed by atoms with Crippen molar-refractivity contribution in [2.75, 3.05) is 6.54 Å². The van der Waals surface area contributed by atoms with Crippen LogP contribution in [0, 0.1) is 6.92 Å². The second kappa shape index (κ2) is 6.02. The fourth-order valence-electron chi connectivity index (χ4n) is 3.48. The van der Waals surface area contributed by atoms with Gasteiger partial charge in [0.1, 0.15) is 0 Å². The average Bonchev–Trinajstić information content (AvgIpc) is 2.88. The summed E-state index contributed by atoms with van der Waals surface area (Å²) in [6.45, 7) is 6.28. The van der Waals surface area contributed by atoms with Crippen LogP contribution in [0.1, 0.15) is 43.9 Å². The Labute approximate surface area is 126 Å². The smallest absolute Gasteiger partial charge is 0.189 e. The fourth-order valence-corrected chi connectivity index (χ4v) is 3.48. The van der Waals surface area contributed by atoms with Crippen LogP contribution < -0.4 is 5.43 Å². The molecule has 0 saturated carbocycles. The zero-order valence-electron chi connectivity index (χ0n) is 13.0. The van der Waals surface area contributed by atoms with E-state index in [1.165, 1.54) is 25.7 Å². The standard InChI is InChI=1S/C18H24N2O/c1-3-5-15-6-4-9-20(15)12-14-11-18(21)16-10-13(2)7-8-17(16)19-14/h7-8,10-11,15H,3-6,9,12H2,1-2H3,(H,19,21). The number of benzene rings is 1. The number of nitrogens with one attached hydrogen (secondary N) is 1. The van der Waals surface area contributed by atoms with Gasteiger partial charge in [0.15, 0.2) is 5.43 Å². The van der Waals surface area contributed by atoms with Crippen LogP contribution in [-0.2, 0) is 6.54 Å². The maximum absolute atomic E-state index is 12.3. The highest BCUT2D eigenvalue weighted by molar-refractivity contribution is 5.79. The van der Waals surface area contributed by atoms with Gasteiger partial charge in [-0.2, -0.15) is 0 Å². The topological polar surface area (TPSA) is 36.1 Å². The lowest BCUT2D eigenvalue weighted by Crippen LogP contribution is -2.29. The summed E-state index contributed by atoms with van der Waals surface area (Å²) >= 11 is 0. The van der Waals surface area contributed by atoms with Crippen molar-refractivity contribution in [2.45, 2.75) is 52.1 Å². The molecule has 1 saturated heterocycles. The third kappa shape index (κ3) is 3.03. The molecule has 0 aliphatic carbocycles. The number of aryl methyl sites for hydroxylation is 1. The van der Waals surface area contributed by atoms with Crippen LogP contribution in [0.25, 0.3) is 10.9 Å². The first kappa shape index (κ1) is 14.3. The van der Waals surface area contributed by atoms with Crippen molar-refractivity contribution in [1.29, 1.82) is 0 Å². The van der Waals surface area contributed by atoms with Crippen molar-refractivity contribution in [3.05, 3.63) is 45.7 Å². The highest BCUT2D eigenvalue weighted by atomic mass is 16.1. The molecule has 1 aliphatic heterocycles. The zero-order chi connectivity index (χ0) is 14.8. The van der Waals surface area contributed by atoms with Crippen molar-refractivity contribution in [1.82, 2.24) is 9.88 Å². The minimum absolute atomic E-state index is 0.133. The molecule has 1 atom stereocenters. The Balaban J connectivity index is 1.87. The van der Waals surface area contributed by atoms with Gasteiger partial charge in [0, 0.05) is 35.2 Å². The second-order valence-corrected chi connectivity index (χ2v) is 6.26. The molecule has 0 spiro atoms. The van der Waals surface area contributed by atoms with Crippen LogP contribution in [-0.4, -0.2) is 22.5 Å². The quantitative estimate of drug-likeness (QED) is 0.931. The van der Waals surface area contributed by atoms with Crippen LogP contribution >= 0.6 is 0 Å². The molecule has 1 aromatic carbocycles. The average molecular weight is 284 g/mol. The van der Waals surface area contributed by atoms with E-state index in [0.29, 0.717) is 6.04 Å². The van der Waals surface area contributed by atoms with E-state index >= 15 is 0 Å². The molecule has 0 amide bonds. The van der Waals surface area contributed by atoms with Gasteiger partial charge in [0.2, 0.25) is 0 Å². The summed E-state index contributed by atoms with van der Waals surface area (Å²) in [5.41, 5.74) is 3.26. The predicted octanol–water partition coefficient (Wildman–Crippen LogP) is 3.60. The third-order valence-corrected chi connectivity index (χ3v) is 4.54. The van der Waals surface area contributed by atoms with Crippen LogP contribution in [0.15, 0.2) is 29.1 Å². The first-order valence-electron chi connectivity index (χ1n) is 8.04. The zero-order valence-corrected chi connectivity index (χ0v) is 13.0. The van der Waals surface area contributed by atoms with Crippen LogP contribution in [0.5, 0.6) is 0 Å². The van der Waals surface area contributed by atoms with Crippen LogP contribution in [0.2, 0.25) is 0 Å². The molecule has 1 N–H and O–H groups in total. The summed E-state index contributed by atoms with van der Waals surface area (Å²) in [6, 6.07) is 8.50. The second-order valence-electron chi connectivity index (χ2n) is 6.26. The van der Waals surface area contributed by atoms with Crippen molar-refractivity contribution >= 4 is 10.9 Å². The Kier molecular flexibility index (Phi) is 4.11. The molecule has 1 unspecified atom stereocenters. The number of nitrogens with zero attached hydrogens (tertiary/aromatic N) is 1. The maximum Gasteiger partial charge on any atom is 0.189 e. The Bertz CT molecular complexity index is 689. The molecule has 3 rings (SSSR count). The lowest BCUT2D eigenvalue weighted by molar-refractivity contribution is 0.231. The minimum atomic E-state index is 0.133. The van der Waals surface area contributed by atoms with Crippen LogP contribution in [0.4, 0.5) is 0 Å². The number of pyridine rings is 1. The molecular weight excluding hydrogens is 260 g/mol. The Morgan fingerprint density at radius 3 is 3.00 bits per heavy atom. The highest BCUT2D eigenvalue weighted by Gasteiger charge is 2.23. The van der Waals surface area contributed by atoms with E-state index in [1.807, 2.05) is 19.1 Å². The van der Waals surface area contributed by atoms with E-state index < -0.39 is 0 Å². The lowest BCUT2D eigenvalue weighted by atomic mass is 10.1. The van der Waals surface area contributed by atoms with Gasteiger partial charge in [-0.25, -0.2) is 0 Å². The van der Waals surface area contributed by atoms with E-state index in [-0.39, 0.29) is 5.43 Å². The van der Waals surface area contributed by atoms with Crippen molar-refractivity contribution in [3.8, 4) is 0 Å². The summed E-state index contributed by atoms with van der Waals surface area (Å²) in [5.74, 6) is 0. The fraction of sp³-hybridized carbons (Fsp3) is 0.500. The van der Waals surface area contributed by atoms with E-state index in [9.17, 15) is 4.79 Å². The van der Waals surface area contributed by atoms with Crippen molar-refractivity contribution in [3.63, 3.8) is 0 Å². The maximum atomic E-state index is 12.3. The molecular formula is C18H24N2O. The largest absolute Gasteiger partial charge is 0.357 e. The number of aromatic amines is 1. The van der Waals surface area contributed by atoms with Gasteiger partial charge in [-0.3, -0.25) is 9.69 Å². The van der Waals surface area contributed by atoms with E-state index in [1.54, 1.807) is 6.07 Å². The molecule has 1 aromatic heterocycles. The van der Waals surface area contributed by atoms with E-state index in [0.717, 1.165) is 35.2 Å².